The lowest BCUT2D eigenvalue weighted by atomic mass is 9.42. The fraction of sp³-hybridized carbons (Fsp3) is 1.00. The van der Waals surface area contributed by atoms with Gasteiger partial charge in [0.1, 0.15) is 0 Å². The maximum Gasteiger partial charge on any atom is 0.0149 e. The molecule has 19 heavy (non-hydrogen) atoms. The molecule has 0 saturated heterocycles. The molecule has 0 amide bonds. The maximum atomic E-state index is 3.82. The van der Waals surface area contributed by atoms with Crippen LogP contribution in [-0.2, 0) is 0 Å². The van der Waals surface area contributed by atoms with E-state index in [4.69, 9.17) is 0 Å². The molecule has 108 valence electrons. The highest BCUT2D eigenvalue weighted by Crippen LogP contribution is 2.67. The van der Waals surface area contributed by atoms with Crippen LogP contribution in [0.15, 0.2) is 0 Å². The molecule has 3 unspecified atom stereocenters. The van der Waals surface area contributed by atoms with Crippen molar-refractivity contribution in [3.63, 3.8) is 0 Å². The van der Waals surface area contributed by atoms with Crippen LogP contribution in [0, 0.1) is 28.6 Å². The van der Waals surface area contributed by atoms with Crippen molar-refractivity contribution in [3.05, 3.63) is 0 Å². The van der Waals surface area contributed by atoms with E-state index in [0.29, 0.717) is 10.8 Å². The maximum absolute atomic E-state index is 3.82. The molecule has 1 N–H and O–H groups in total. The van der Waals surface area contributed by atoms with Crippen molar-refractivity contribution in [3.8, 4) is 0 Å². The summed E-state index contributed by atoms with van der Waals surface area (Å²) in [6.07, 6.45) is 15.3. The zero-order valence-corrected chi connectivity index (χ0v) is 12.9. The minimum atomic E-state index is 0.683. The standard InChI is InChI=1S/C18H31N/c1-17-8-13-7-14(9-17)11-18(10-13,12-17)16(19-2)15-5-3-4-6-15/h13-16,19H,3-12H2,1-2H3. The number of hydrogen-bond acceptors (Lipinski definition) is 1. The molecule has 0 spiro atoms. The summed E-state index contributed by atoms with van der Waals surface area (Å²) in [6, 6.07) is 0.834. The van der Waals surface area contributed by atoms with Gasteiger partial charge in [-0.1, -0.05) is 19.8 Å². The number of hydrogen-bond donors (Lipinski definition) is 1. The molecule has 1 nitrogen and oxygen atoms in total. The van der Waals surface area contributed by atoms with Crippen molar-refractivity contribution in [1.29, 1.82) is 0 Å². The summed E-state index contributed by atoms with van der Waals surface area (Å²) in [4.78, 5) is 0. The Labute approximate surface area is 118 Å². The summed E-state index contributed by atoms with van der Waals surface area (Å²) in [5.41, 5.74) is 1.39. The predicted octanol–water partition coefficient (Wildman–Crippen LogP) is 4.37. The van der Waals surface area contributed by atoms with E-state index in [1.54, 1.807) is 32.1 Å². The monoisotopic (exact) mass is 261 g/mol. The summed E-state index contributed by atoms with van der Waals surface area (Å²) in [5, 5.41) is 3.82. The van der Waals surface area contributed by atoms with E-state index in [2.05, 4.69) is 19.3 Å². The molecular formula is C18H31N. The van der Waals surface area contributed by atoms with E-state index in [0.717, 1.165) is 23.8 Å². The molecule has 5 aliphatic carbocycles. The van der Waals surface area contributed by atoms with Crippen molar-refractivity contribution >= 4 is 0 Å². The van der Waals surface area contributed by atoms with Gasteiger partial charge in [-0.3, -0.25) is 0 Å². The van der Waals surface area contributed by atoms with Gasteiger partial charge in [0.25, 0.3) is 0 Å². The smallest absolute Gasteiger partial charge is 0.0149 e. The summed E-state index contributed by atoms with van der Waals surface area (Å²) in [6.45, 7) is 2.61. The van der Waals surface area contributed by atoms with Gasteiger partial charge >= 0.3 is 0 Å². The average molecular weight is 261 g/mol. The van der Waals surface area contributed by atoms with Crippen LogP contribution in [-0.4, -0.2) is 13.1 Å². The summed E-state index contributed by atoms with van der Waals surface area (Å²) in [5.74, 6) is 3.14. The van der Waals surface area contributed by atoms with Crippen molar-refractivity contribution in [1.82, 2.24) is 5.32 Å². The SMILES string of the molecule is CNC(C1CCCC1)C12CC3CC(CC(C)(C3)C1)C2. The van der Waals surface area contributed by atoms with Crippen LogP contribution in [0.5, 0.6) is 0 Å². The number of rotatable bonds is 3. The Balaban J connectivity index is 1.64. The Hall–Kier alpha value is -0.0400. The van der Waals surface area contributed by atoms with E-state index < -0.39 is 0 Å². The van der Waals surface area contributed by atoms with E-state index in [9.17, 15) is 0 Å². The van der Waals surface area contributed by atoms with Gasteiger partial charge in [0.05, 0.1) is 0 Å². The first-order valence-corrected chi connectivity index (χ1v) is 8.80. The van der Waals surface area contributed by atoms with Crippen LogP contribution in [0.3, 0.4) is 0 Å². The molecule has 0 radical (unpaired) electrons. The van der Waals surface area contributed by atoms with Crippen molar-refractivity contribution < 1.29 is 0 Å². The van der Waals surface area contributed by atoms with Gasteiger partial charge in [-0.15, -0.1) is 0 Å². The minimum Gasteiger partial charge on any atom is -0.316 e. The molecule has 5 saturated carbocycles. The van der Waals surface area contributed by atoms with Crippen LogP contribution < -0.4 is 5.32 Å². The minimum absolute atomic E-state index is 0.683. The van der Waals surface area contributed by atoms with Gasteiger partial charge in [0.15, 0.2) is 0 Å². The zero-order valence-electron chi connectivity index (χ0n) is 12.9. The number of nitrogens with one attached hydrogen (secondary N) is 1. The highest BCUT2D eigenvalue weighted by atomic mass is 14.9. The van der Waals surface area contributed by atoms with Gasteiger partial charge in [0, 0.05) is 6.04 Å². The van der Waals surface area contributed by atoms with E-state index in [1.165, 1.54) is 32.1 Å². The molecule has 5 fully saturated rings. The normalized spacial score (nSPS) is 50.8. The third kappa shape index (κ3) is 1.91. The van der Waals surface area contributed by atoms with Gasteiger partial charge in [-0.25, -0.2) is 0 Å². The topological polar surface area (TPSA) is 12.0 Å². The highest BCUT2D eigenvalue weighted by Gasteiger charge is 2.59. The Morgan fingerprint density at radius 1 is 1.00 bits per heavy atom. The van der Waals surface area contributed by atoms with E-state index in [-0.39, 0.29) is 0 Å². The molecule has 5 rings (SSSR count). The lowest BCUT2D eigenvalue weighted by Crippen LogP contribution is -2.59. The van der Waals surface area contributed by atoms with Gasteiger partial charge in [-0.2, -0.15) is 0 Å². The molecule has 4 bridgehead atoms. The third-order valence-corrected chi connectivity index (χ3v) is 7.24. The van der Waals surface area contributed by atoms with Crippen LogP contribution in [0.1, 0.15) is 71.1 Å². The van der Waals surface area contributed by atoms with Gasteiger partial charge in [0.2, 0.25) is 0 Å². The fourth-order valence-electron chi connectivity index (χ4n) is 7.49. The Kier molecular flexibility index (Phi) is 2.82. The van der Waals surface area contributed by atoms with E-state index in [1.807, 2.05) is 0 Å². The second-order valence-corrected chi connectivity index (χ2v) is 8.94. The lowest BCUT2D eigenvalue weighted by Gasteiger charge is -2.64. The van der Waals surface area contributed by atoms with Crippen molar-refractivity contribution in [2.24, 2.45) is 28.6 Å². The highest BCUT2D eigenvalue weighted by molar-refractivity contribution is 5.11. The van der Waals surface area contributed by atoms with E-state index >= 15 is 0 Å². The molecule has 1 heteroatoms. The molecule has 0 aliphatic heterocycles. The average Bonchev–Trinajstić information content (AvgIpc) is 2.79. The zero-order chi connectivity index (χ0) is 13.1. The van der Waals surface area contributed by atoms with Crippen molar-refractivity contribution in [2.75, 3.05) is 7.05 Å². The van der Waals surface area contributed by atoms with Gasteiger partial charge < -0.3 is 5.32 Å². The summed E-state index contributed by atoms with van der Waals surface area (Å²) >= 11 is 0. The molecule has 0 aromatic rings. The summed E-state index contributed by atoms with van der Waals surface area (Å²) < 4.78 is 0. The first-order valence-electron chi connectivity index (χ1n) is 8.80. The van der Waals surface area contributed by atoms with Crippen molar-refractivity contribution in [2.45, 2.75) is 77.2 Å². The molecule has 0 aromatic carbocycles. The third-order valence-electron chi connectivity index (χ3n) is 7.24. The Bertz CT molecular complexity index is 341. The molecule has 0 aromatic heterocycles. The van der Waals surface area contributed by atoms with Gasteiger partial charge in [-0.05, 0) is 87.0 Å². The quantitative estimate of drug-likeness (QED) is 0.795. The summed E-state index contributed by atoms with van der Waals surface area (Å²) in [7, 11) is 2.25. The molecule has 3 atom stereocenters. The predicted molar refractivity (Wildman–Crippen MR) is 80.0 cm³/mol. The lowest BCUT2D eigenvalue weighted by molar-refractivity contribution is -0.125. The second kappa shape index (κ2) is 4.23. The second-order valence-electron chi connectivity index (χ2n) is 8.94. The molecule has 0 heterocycles. The van der Waals surface area contributed by atoms with Crippen LogP contribution in [0.4, 0.5) is 0 Å². The van der Waals surface area contributed by atoms with Crippen LogP contribution >= 0.6 is 0 Å². The van der Waals surface area contributed by atoms with Crippen LogP contribution in [0.25, 0.3) is 0 Å². The largest absolute Gasteiger partial charge is 0.316 e. The molecular weight excluding hydrogens is 230 g/mol. The first-order chi connectivity index (χ1) is 9.12. The Morgan fingerprint density at radius 3 is 2.16 bits per heavy atom. The Morgan fingerprint density at radius 2 is 1.63 bits per heavy atom. The molecule has 5 aliphatic rings. The van der Waals surface area contributed by atoms with Crippen LogP contribution in [0.2, 0.25) is 0 Å². The fourth-order valence-corrected chi connectivity index (χ4v) is 7.49. The first kappa shape index (κ1) is 12.7.